The highest BCUT2D eigenvalue weighted by Gasteiger charge is 2.39. The fraction of sp³-hybridized carbons (Fsp3) is 0.333. The highest BCUT2D eigenvalue weighted by molar-refractivity contribution is 6.39. The van der Waals surface area contributed by atoms with Gasteiger partial charge in [0.05, 0.1) is 33.1 Å². The largest absolute Gasteiger partial charge is 0.444 e. The molecule has 0 radical (unpaired) electrons. The van der Waals surface area contributed by atoms with Gasteiger partial charge in [0.2, 0.25) is 11.7 Å². The lowest BCUT2D eigenvalue weighted by Gasteiger charge is -2.22. The molecule has 1 unspecified atom stereocenters. The molecular formula is C21H19Cl2F4N3O4. The van der Waals surface area contributed by atoms with Gasteiger partial charge in [0.25, 0.3) is 0 Å². The van der Waals surface area contributed by atoms with Gasteiger partial charge in [0.1, 0.15) is 17.5 Å². The summed E-state index contributed by atoms with van der Waals surface area (Å²) < 4.78 is 59.4. The second kappa shape index (κ2) is 10.1. The topological polar surface area (TPSA) is 97.4 Å². The Kier molecular flexibility index (Phi) is 8.15. The Morgan fingerprint density at radius 3 is 2.24 bits per heavy atom. The standard InChI is InChI=1S/C21H19Cl2F4N3O4/c1-9(29-19(33)34-20(2,3)4)18(32)30-12-8-28-17(21(25,26)27)15(23)14(12)16(31)13-10(22)6-5-7-11(13)24/h5-9H,1-4H3,(H,29,33)(H,30,32). The van der Waals surface area contributed by atoms with Gasteiger partial charge in [-0.1, -0.05) is 29.3 Å². The maximum Gasteiger partial charge on any atom is 0.434 e. The Hall–Kier alpha value is -2.92. The number of hydrogen-bond donors (Lipinski definition) is 2. The van der Waals surface area contributed by atoms with E-state index in [-0.39, 0.29) is 5.02 Å². The first kappa shape index (κ1) is 27.3. The summed E-state index contributed by atoms with van der Waals surface area (Å²) in [5.74, 6) is -3.38. The average Bonchev–Trinajstić information content (AvgIpc) is 2.65. The molecule has 0 spiro atoms. The van der Waals surface area contributed by atoms with E-state index in [1.54, 1.807) is 20.8 Å². The van der Waals surface area contributed by atoms with Crippen molar-refractivity contribution in [2.24, 2.45) is 0 Å². The van der Waals surface area contributed by atoms with Crippen molar-refractivity contribution in [3.05, 3.63) is 57.1 Å². The van der Waals surface area contributed by atoms with Crippen molar-refractivity contribution < 1.29 is 36.7 Å². The van der Waals surface area contributed by atoms with Crippen LogP contribution in [0.2, 0.25) is 10.0 Å². The molecule has 1 atom stereocenters. The van der Waals surface area contributed by atoms with E-state index in [1.807, 2.05) is 0 Å². The molecule has 0 aliphatic carbocycles. The van der Waals surface area contributed by atoms with Crippen LogP contribution in [-0.2, 0) is 15.7 Å². The van der Waals surface area contributed by atoms with Gasteiger partial charge in [0, 0.05) is 0 Å². The number of carbonyl (C=O) groups excluding carboxylic acids is 3. The molecule has 0 aliphatic heterocycles. The monoisotopic (exact) mass is 523 g/mol. The maximum atomic E-state index is 14.3. The fourth-order valence-electron chi connectivity index (χ4n) is 2.63. The molecule has 0 saturated carbocycles. The van der Waals surface area contributed by atoms with Gasteiger partial charge in [-0.2, -0.15) is 13.2 Å². The molecular weight excluding hydrogens is 505 g/mol. The molecule has 1 aromatic heterocycles. The van der Waals surface area contributed by atoms with E-state index >= 15 is 0 Å². The third kappa shape index (κ3) is 6.57. The molecule has 184 valence electrons. The number of ether oxygens (including phenoxy) is 1. The zero-order valence-electron chi connectivity index (χ0n) is 18.2. The number of aromatic nitrogens is 1. The molecule has 2 aromatic rings. The molecule has 13 heteroatoms. The van der Waals surface area contributed by atoms with Crippen LogP contribution in [-0.4, -0.2) is 34.4 Å². The summed E-state index contributed by atoms with van der Waals surface area (Å²) in [6.45, 7) is 6.05. The van der Waals surface area contributed by atoms with Crippen LogP contribution in [0.3, 0.4) is 0 Å². The molecule has 0 saturated heterocycles. The number of ketones is 1. The number of rotatable bonds is 5. The van der Waals surface area contributed by atoms with E-state index in [0.717, 1.165) is 12.1 Å². The summed E-state index contributed by atoms with van der Waals surface area (Å²) in [6.07, 6.45) is -5.44. The van der Waals surface area contributed by atoms with Crippen LogP contribution in [0.5, 0.6) is 0 Å². The molecule has 7 nitrogen and oxygen atoms in total. The first-order chi connectivity index (χ1) is 15.5. The summed E-state index contributed by atoms with van der Waals surface area (Å²) in [4.78, 5) is 40.7. The number of alkyl carbamates (subject to hydrolysis) is 1. The quantitative estimate of drug-likeness (QED) is 0.391. The van der Waals surface area contributed by atoms with E-state index < -0.39 is 69.0 Å². The van der Waals surface area contributed by atoms with Gasteiger partial charge in [-0.3, -0.25) is 9.59 Å². The fourth-order valence-corrected chi connectivity index (χ4v) is 3.22. The lowest BCUT2D eigenvalue weighted by molar-refractivity contribution is -0.141. The van der Waals surface area contributed by atoms with Crippen LogP contribution >= 0.6 is 23.2 Å². The van der Waals surface area contributed by atoms with Gasteiger partial charge >= 0.3 is 12.3 Å². The predicted octanol–water partition coefficient (Wildman–Crippen LogP) is 5.63. The van der Waals surface area contributed by atoms with Crippen LogP contribution in [0.4, 0.5) is 28.0 Å². The van der Waals surface area contributed by atoms with Gasteiger partial charge in [-0.25, -0.2) is 14.2 Å². The minimum absolute atomic E-state index is 0.385. The van der Waals surface area contributed by atoms with Crippen molar-refractivity contribution in [1.82, 2.24) is 10.3 Å². The number of benzene rings is 1. The number of nitrogens with one attached hydrogen (secondary N) is 2. The van der Waals surface area contributed by atoms with Crippen molar-refractivity contribution in [2.75, 3.05) is 5.32 Å². The van der Waals surface area contributed by atoms with Crippen molar-refractivity contribution in [2.45, 2.75) is 45.5 Å². The number of nitrogens with zero attached hydrogens (tertiary/aromatic N) is 1. The van der Waals surface area contributed by atoms with E-state index in [1.165, 1.54) is 13.0 Å². The number of hydrogen-bond acceptors (Lipinski definition) is 5. The predicted molar refractivity (Wildman–Crippen MR) is 117 cm³/mol. The molecule has 2 N–H and O–H groups in total. The van der Waals surface area contributed by atoms with Crippen LogP contribution in [0, 0.1) is 5.82 Å². The number of carbonyl (C=O) groups is 3. The van der Waals surface area contributed by atoms with Crippen molar-refractivity contribution >= 4 is 46.7 Å². The number of pyridine rings is 1. The van der Waals surface area contributed by atoms with Crippen molar-refractivity contribution in [3.8, 4) is 0 Å². The first-order valence-corrected chi connectivity index (χ1v) is 10.3. The summed E-state index contributed by atoms with van der Waals surface area (Å²) in [5.41, 5.74) is -4.66. The second-order valence-electron chi connectivity index (χ2n) is 7.99. The molecule has 2 rings (SSSR count). The minimum atomic E-state index is -5.06. The molecule has 1 aromatic carbocycles. The third-order valence-electron chi connectivity index (χ3n) is 4.09. The molecule has 2 amide bonds. The normalized spacial score (nSPS) is 12.6. The number of halogens is 6. The zero-order chi connectivity index (χ0) is 26.0. The van der Waals surface area contributed by atoms with Crippen LogP contribution < -0.4 is 10.6 Å². The van der Waals surface area contributed by atoms with Crippen LogP contribution in [0.25, 0.3) is 0 Å². The van der Waals surface area contributed by atoms with Gasteiger partial charge in [-0.15, -0.1) is 0 Å². The summed E-state index contributed by atoms with van der Waals surface area (Å²) in [6, 6.07) is 1.97. The summed E-state index contributed by atoms with van der Waals surface area (Å²) >= 11 is 11.7. The van der Waals surface area contributed by atoms with Crippen molar-refractivity contribution in [1.29, 1.82) is 0 Å². The van der Waals surface area contributed by atoms with Crippen molar-refractivity contribution in [3.63, 3.8) is 0 Å². The van der Waals surface area contributed by atoms with Crippen LogP contribution in [0.1, 0.15) is 49.3 Å². The Morgan fingerprint density at radius 2 is 1.71 bits per heavy atom. The number of anilines is 1. The van der Waals surface area contributed by atoms with E-state index in [2.05, 4.69) is 15.6 Å². The van der Waals surface area contributed by atoms with E-state index in [0.29, 0.717) is 6.20 Å². The van der Waals surface area contributed by atoms with E-state index in [4.69, 9.17) is 27.9 Å². The molecule has 34 heavy (non-hydrogen) atoms. The SMILES string of the molecule is CC(NC(=O)OC(C)(C)C)C(=O)Nc1cnc(C(F)(F)F)c(Cl)c1C(=O)c1c(F)cccc1Cl. The third-order valence-corrected chi connectivity index (χ3v) is 4.77. The van der Waals surface area contributed by atoms with Gasteiger partial charge in [-0.05, 0) is 39.8 Å². The Balaban J connectivity index is 2.49. The van der Waals surface area contributed by atoms with Crippen LogP contribution in [0.15, 0.2) is 24.4 Å². The smallest absolute Gasteiger partial charge is 0.434 e. The highest BCUT2D eigenvalue weighted by Crippen LogP contribution is 2.39. The van der Waals surface area contributed by atoms with Gasteiger partial charge < -0.3 is 15.4 Å². The maximum absolute atomic E-state index is 14.3. The summed E-state index contributed by atoms with van der Waals surface area (Å²) in [7, 11) is 0. The second-order valence-corrected chi connectivity index (χ2v) is 8.78. The minimum Gasteiger partial charge on any atom is -0.444 e. The Morgan fingerprint density at radius 1 is 1.09 bits per heavy atom. The Bertz CT molecular complexity index is 1110. The highest BCUT2D eigenvalue weighted by atomic mass is 35.5. The number of amides is 2. The Labute approximate surface area is 201 Å². The lowest BCUT2D eigenvalue weighted by Crippen LogP contribution is -2.44. The summed E-state index contributed by atoms with van der Waals surface area (Å²) in [5, 5.41) is 2.86. The first-order valence-electron chi connectivity index (χ1n) is 9.57. The zero-order valence-corrected chi connectivity index (χ0v) is 19.7. The van der Waals surface area contributed by atoms with E-state index in [9.17, 15) is 31.9 Å². The molecule has 0 aliphatic rings. The molecule has 0 bridgehead atoms. The van der Waals surface area contributed by atoms with Gasteiger partial charge in [0.15, 0.2) is 5.69 Å². The average molecular weight is 524 g/mol. The number of alkyl halides is 3. The molecule has 1 heterocycles. The molecule has 0 fully saturated rings. The lowest BCUT2D eigenvalue weighted by atomic mass is 10.0.